The maximum atomic E-state index is 5.31. The van der Waals surface area contributed by atoms with Crippen molar-refractivity contribution in [3.8, 4) is 67.3 Å². The molecular weight excluding hydrogens is 641 g/mol. The van der Waals surface area contributed by atoms with Gasteiger partial charge in [0.25, 0.3) is 0 Å². The molecule has 0 saturated carbocycles. The normalized spacial score (nSPS) is 12.9. The summed E-state index contributed by atoms with van der Waals surface area (Å²) in [6.07, 6.45) is 0. The Bertz CT molecular complexity index is 2850. The lowest BCUT2D eigenvalue weighted by Gasteiger charge is -2.25. The number of rotatable bonds is 5. The second-order valence-corrected chi connectivity index (χ2v) is 14.6. The molecule has 1 aromatic heterocycles. The predicted molar refractivity (Wildman–Crippen MR) is 222 cm³/mol. The van der Waals surface area contributed by atoms with Crippen molar-refractivity contribution in [2.24, 2.45) is 0 Å². The third kappa shape index (κ3) is 5.18. The van der Waals surface area contributed by atoms with Crippen LogP contribution in [0.15, 0.2) is 182 Å². The van der Waals surface area contributed by atoms with Gasteiger partial charge in [-0.15, -0.1) is 0 Å². The van der Waals surface area contributed by atoms with Crippen LogP contribution < -0.4 is 0 Å². The lowest BCUT2D eigenvalue weighted by Crippen LogP contribution is -2.16. The lowest BCUT2D eigenvalue weighted by molar-refractivity contribution is 0.662. The average Bonchev–Trinajstić information content (AvgIpc) is 3.46. The summed E-state index contributed by atoms with van der Waals surface area (Å²) in [4.78, 5) is 10.5. The van der Waals surface area contributed by atoms with E-state index in [-0.39, 0.29) is 5.41 Å². The monoisotopic (exact) mass is 676 g/mol. The van der Waals surface area contributed by atoms with Crippen LogP contribution in [-0.2, 0) is 5.41 Å². The van der Waals surface area contributed by atoms with Crippen LogP contribution in [0.5, 0.6) is 0 Å². The fourth-order valence-corrected chi connectivity index (χ4v) is 8.48. The first-order chi connectivity index (χ1) is 26.0. The van der Waals surface area contributed by atoms with Crippen molar-refractivity contribution in [1.29, 1.82) is 0 Å². The minimum absolute atomic E-state index is 0.116. The van der Waals surface area contributed by atoms with Gasteiger partial charge in [-0.3, -0.25) is 0 Å². The molecular formula is C51H36N2. The molecule has 1 aliphatic rings. The quantitative estimate of drug-likeness (QED) is 0.181. The molecule has 2 heteroatoms. The minimum atomic E-state index is -0.116. The van der Waals surface area contributed by atoms with E-state index < -0.39 is 0 Å². The van der Waals surface area contributed by atoms with Crippen molar-refractivity contribution >= 4 is 21.5 Å². The standard InChI is InChI=1S/C51H36N2/c1-51(2)46-22-11-10-19-42(46)45-21-12-20-44(49(45)51)41-29-30-43(40-18-9-8-17-39(40)41)48-32-47(38-28-25-34-15-6-7-16-37(34)31-38)52-50(53-48)36-26-23-35(24-27-36)33-13-4-3-5-14-33/h3-32H,1-2H3. The molecule has 250 valence electrons. The van der Waals surface area contributed by atoms with Crippen molar-refractivity contribution in [2.45, 2.75) is 19.3 Å². The van der Waals surface area contributed by atoms with E-state index in [2.05, 4.69) is 190 Å². The van der Waals surface area contributed by atoms with Gasteiger partial charge in [-0.05, 0) is 78.2 Å². The Morgan fingerprint density at radius 3 is 1.74 bits per heavy atom. The molecule has 0 fully saturated rings. The smallest absolute Gasteiger partial charge is 0.160 e. The summed E-state index contributed by atoms with van der Waals surface area (Å²) >= 11 is 0. The van der Waals surface area contributed by atoms with Crippen LogP contribution in [0.2, 0.25) is 0 Å². The molecule has 0 unspecified atom stereocenters. The van der Waals surface area contributed by atoms with Crippen molar-refractivity contribution < 1.29 is 0 Å². The molecule has 2 nitrogen and oxygen atoms in total. The Morgan fingerprint density at radius 1 is 0.358 bits per heavy atom. The van der Waals surface area contributed by atoms with Crippen LogP contribution in [0.3, 0.4) is 0 Å². The van der Waals surface area contributed by atoms with Gasteiger partial charge < -0.3 is 0 Å². The zero-order chi connectivity index (χ0) is 35.5. The summed E-state index contributed by atoms with van der Waals surface area (Å²) in [6, 6.07) is 65.4. The first-order valence-corrected chi connectivity index (χ1v) is 18.3. The van der Waals surface area contributed by atoms with E-state index in [4.69, 9.17) is 9.97 Å². The third-order valence-electron chi connectivity index (χ3n) is 11.1. The maximum Gasteiger partial charge on any atom is 0.160 e. The molecule has 9 aromatic rings. The zero-order valence-corrected chi connectivity index (χ0v) is 29.7. The van der Waals surface area contributed by atoms with Crippen LogP contribution in [0, 0.1) is 0 Å². The van der Waals surface area contributed by atoms with Crippen molar-refractivity contribution in [3.63, 3.8) is 0 Å². The van der Waals surface area contributed by atoms with E-state index in [0.717, 1.165) is 28.1 Å². The molecule has 0 spiro atoms. The number of fused-ring (bicyclic) bond motifs is 5. The highest BCUT2D eigenvalue weighted by atomic mass is 14.9. The van der Waals surface area contributed by atoms with Gasteiger partial charge in [0.1, 0.15) is 0 Å². The molecule has 0 aliphatic heterocycles. The van der Waals surface area contributed by atoms with Crippen molar-refractivity contribution in [3.05, 3.63) is 193 Å². The first-order valence-electron chi connectivity index (χ1n) is 18.3. The number of aromatic nitrogens is 2. The largest absolute Gasteiger partial charge is 0.228 e. The van der Waals surface area contributed by atoms with E-state index in [9.17, 15) is 0 Å². The van der Waals surface area contributed by atoms with Crippen LogP contribution in [0.1, 0.15) is 25.0 Å². The Balaban J connectivity index is 1.15. The summed E-state index contributed by atoms with van der Waals surface area (Å²) in [5.41, 5.74) is 15.1. The highest BCUT2D eigenvalue weighted by molar-refractivity contribution is 6.06. The summed E-state index contributed by atoms with van der Waals surface area (Å²) in [5, 5.41) is 4.78. The number of nitrogens with zero attached hydrogens (tertiary/aromatic N) is 2. The number of benzene rings is 8. The van der Waals surface area contributed by atoms with E-state index in [1.807, 2.05) is 6.07 Å². The van der Waals surface area contributed by atoms with Gasteiger partial charge in [0.05, 0.1) is 11.4 Å². The lowest BCUT2D eigenvalue weighted by atomic mass is 9.78. The Kier molecular flexibility index (Phi) is 7.19. The van der Waals surface area contributed by atoms with Gasteiger partial charge in [0, 0.05) is 22.1 Å². The molecule has 0 saturated heterocycles. The minimum Gasteiger partial charge on any atom is -0.228 e. The van der Waals surface area contributed by atoms with Gasteiger partial charge in [0.15, 0.2) is 5.82 Å². The van der Waals surface area contributed by atoms with Crippen LogP contribution in [0.4, 0.5) is 0 Å². The zero-order valence-electron chi connectivity index (χ0n) is 29.7. The van der Waals surface area contributed by atoms with Crippen LogP contribution in [-0.4, -0.2) is 9.97 Å². The number of hydrogen-bond acceptors (Lipinski definition) is 2. The molecule has 1 aliphatic carbocycles. The molecule has 10 rings (SSSR count). The molecule has 0 radical (unpaired) electrons. The summed E-state index contributed by atoms with van der Waals surface area (Å²) in [6.45, 7) is 4.72. The van der Waals surface area contributed by atoms with Gasteiger partial charge >= 0.3 is 0 Å². The van der Waals surface area contributed by atoms with E-state index in [1.165, 1.54) is 66.1 Å². The molecule has 1 heterocycles. The molecule has 53 heavy (non-hydrogen) atoms. The summed E-state index contributed by atoms with van der Waals surface area (Å²) in [5.74, 6) is 0.707. The molecule has 8 aromatic carbocycles. The predicted octanol–water partition coefficient (Wildman–Crippen LogP) is 13.4. The third-order valence-corrected chi connectivity index (χ3v) is 11.1. The van der Waals surface area contributed by atoms with Crippen molar-refractivity contribution in [1.82, 2.24) is 9.97 Å². The molecule has 0 amide bonds. The summed E-state index contributed by atoms with van der Waals surface area (Å²) < 4.78 is 0. The highest BCUT2D eigenvalue weighted by Crippen LogP contribution is 2.53. The van der Waals surface area contributed by atoms with Crippen molar-refractivity contribution in [2.75, 3.05) is 0 Å². The number of hydrogen-bond donors (Lipinski definition) is 0. The second kappa shape index (κ2) is 12.3. The molecule has 0 N–H and O–H groups in total. The second-order valence-electron chi connectivity index (χ2n) is 14.6. The summed E-state index contributed by atoms with van der Waals surface area (Å²) in [7, 11) is 0. The van der Waals surface area contributed by atoms with Crippen LogP contribution >= 0.6 is 0 Å². The Morgan fingerprint density at radius 2 is 0.925 bits per heavy atom. The maximum absolute atomic E-state index is 5.31. The van der Waals surface area contributed by atoms with Gasteiger partial charge in [-0.2, -0.15) is 0 Å². The van der Waals surface area contributed by atoms with E-state index in [1.54, 1.807) is 0 Å². The SMILES string of the molecule is CC1(C)c2ccccc2-c2cccc(-c3ccc(-c4cc(-c5ccc6ccccc6c5)nc(-c5ccc(-c6ccccc6)cc5)n4)c4ccccc34)c21. The molecule has 0 atom stereocenters. The van der Waals surface area contributed by atoms with E-state index >= 15 is 0 Å². The first kappa shape index (κ1) is 31.1. The van der Waals surface area contributed by atoms with E-state index in [0.29, 0.717) is 5.82 Å². The Hall–Kier alpha value is -6.64. The topological polar surface area (TPSA) is 25.8 Å². The fraction of sp³-hybridized carbons (Fsp3) is 0.0588. The van der Waals surface area contributed by atoms with Gasteiger partial charge in [-0.1, -0.05) is 184 Å². The molecule has 0 bridgehead atoms. The Labute approximate surface area is 310 Å². The average molecular weight is 677 g/mol. The van der Waals surface area contributed by atoms with Gasteiger partial charge in [-0.25, -0.2) is 9.97 Å². The highest BCUT2D eigenvalue weighted by Gasteiger charge is 2.37. The van der Waals surface area contributed by atoms with Crippen LogP contribution in [0.25, 0.3) is 88.8 Å². The fourth-order valence-electron chi connectivity index (χ4n) is 8.48. The van der Waals surface area contributed by atoms with Gasteiger partial charge in [0.2, 0.25) is 0 Å².